The van der Waals surface area contributed by atoms with E-state index in [0.717, 1.165) is 9.79 Å². The van der Waals surface area contributed by atoms with Gasteiger partial charge in [0.15, 0.2) is 0 Å². The minimum absolute atomic E-state index is 0.139. The lowest BCUT2D eigenvalue weighted by molar-refractivity contribution is 0.624. The van der Waals surface area contributed by atoms with Crippen molar-refractivity contribution in [2.24, 2.45) is 0 Å². The van der Waals surface area contributed by atoms with E-state index in [0.29, 0.717) is 5.02 Å². The molecule has 0 nitrogen and oxygen atoms in total. The van der Waals surface area contributed by atoms with Gasteiger partial charge >= 0.3 is 0 Å². The highest BCUT2D eigenvalue weighted by Gasteiger charge is 2.02. The minimum atomic E-state index is -0.402. The molecule has 0 spiro atoms. The molecule has 0 atom stereocenters. The fraction of sp³-hybridized carbons (Fsp3) is 0. The van der Waals surface area contributed by atoms with Crippen molar-refractivity contribution in [3.8, 4) is 0 Å². The van der Waals surface area contributed by atoms with Gasteiger partial charge in [-0.05, 0) is 42.5 Å². The number of hydrogen-bond acceptors (Lipinski definition) is 1. The van der Waals surface area contributed by atoms with Crippen LogP contribution < -0.4 is 0 Å². The Morgan fingerprint density at radius 2 is 1.50 bits per heavy atom. The summed E-state index contributed by atoms with van der Waals surface area (Å²) in [6.07, 6.45) is 0. The summed E-state index contributed by atoms with van der Waals surface area (Å²) >= 11 is 12.8. The first-order chi connectivity index (χ1) is 7.65. The standard InChI is InChI=1S/C12H7Cl2FS/c13-8-1-3-9(4-2-8)16-10-5-6-11(14)12(15)7-10/h1-7H. The van der Waals surface area contributed by atoms with Crippen LogP contribution in [0, 0.1) is 5.82 Å². The summed E-state index contributed by atoms with van der Waals surface area (Å²) in [7, 11) is 0. The summed E-state index contributed by atoms with van der Waals surface area (Å²) in [5.74, 6) is -0.402. The van der Waals surface area contributed by atoms with Crippen molar-refractivity contribution in [1.29, 1.82) is 0 Å². The second kappa shape index (κ2) is 5.09. The van der Waals surface area contributed by atoms with Crippen LogP contribution in [0.3, 0.4) is 0 Å². The maximum atomic E-state index is 13.2. The lowest BCUT2D eigenvalue weighted by Crippen LogP contribution is -1.78. The van der Waals surface area contributed by atoms with Crippen LogP contribution in [-0.2, 0) is 0 Å². The second-order valence-electron chi connectivity index (χ2n) is 3.13. The average molecular weight is 273 g/mol. The largest absolute Gasteiger partial charge is 0.205 e. The zero-order valence-electron chi connectivity index (χ0n) is 8.08. The smallest absolute Gasteiger partial charge is 0.142 e. The molecule has 0 aliphatic heterocycles. The molecule has 0 aromatic heterocycles. The Labute approximate surface area is 107 Å². The normalized spacial score (nSPS) is 10.4. The van der Waals surface area contributed by atoms with E-state index in [9.17, 15) is 4.39 Å². The van der Waals surface area contributed by atoms with E-state index in [1.807, 2.05) is 12.1 Å². The van der Waals surface area contributed by atoms with Crippen molar-refractivity contribution in [2.75, 3.05) is 0 Å². The Morgan fingerprint density at radius 3 is 2.12 bits per heavy atom. The van der Waals surface area contributed by atoms with Gasteiger partial charge in [0.2, 0.25) is 0 Å². The molecule has 2 aromatic carbocycles. The topological polar surface area (TPSA) is 0 Å². The summed E-state index contributed by atoms with van der Waals surface area (Å²) in [6.45, 7) is 0. The van der Waals surface area contributed by atoms with Gasteiger partial charge in [0.05, 0.1) is 5.02 Å². The Hall–Kier alpha value is -0.700. The van der Waals surface area contributed by atoms with Gasteiger partial charge in [0, 0.05) is 14.8 Å². The third-order valence-corrected chi connectivity index (χ3v) is 3.50. The molecule has 16 heavy (non-hydrogen) atoms. The molecule has 0 aliphatic rings. The first-order valence-corrected chi connectivity index (χ1v) is 6.11. The molecule has 0 N–H and O–H groups in total. The van der Waals surface area contributed by atoms with Crippen LogP contribution in [0.5, 0.6) is 0 Å². The fourth-order valence-corrected chi connectivity index (χ4v) is 2.27. The summed E-state index contributed by atoms with van der Waals surface area (Å²) in [4.78, 5) is 1.82. The molecular formula is C12H7Cl2FS. The lowest BCUT2D eigenvalue weighted by Gasteiger charge is -2.02. The molecule has 0 fully saturated rings. The minimum Gasteiger partial charge on any atom is -0.205 e. The second-order valence-corrected chi connectivity index (χ2v) is 5.12. The van der Waals surface area contributed by atoms with E-state index >= 15 is 0 Å². The van der Waals surface area contributed by atoms with Crippen LogP contribution in [0.1, 0.15) is 0 Å². The first-order valence-electron chi connectivity index (χ1n) is 4.53. The molecule has 0 heterocycles. The molecule has 0 amide bonds. The molecule has 0 unspecified atom stereocenters. The highest BCUT2D eigenvalue weighted by Crippen LogP contribution is 2.30. The predicted molar refractivity (Wildman–Crippen MR) is 67.0 cm³/mol. The number of hydrogen-bond donors (Lipinski definition) is 0. The molecule has 0 bridgehead atoms. The Balaban J connectivity index is 2.20. The van der Waals surface area contributed by atoms with Gasteiger partial charge in [-0.25, -0.2) is 4.39 Å². The maximum Gasteiger partial charge on any atom is 0.142 e. The number of halogens is 3. The van der Waals surface area contributed by atoms with E-state index in [2.05, 4.69) is 0 Å². The molecule has 0 aliphatic carbocycles. The van der Waals surface area contributed by atoms with Crippen molar-refractivity contribution in [1.82, 2.24) is 0 Å². The zero-order chi connectivity index (χ0) is 11.5. The fourth-order valence-electron chi connectivity index (χ4n) is 1.18. The highest BCUT2D eigenvalue weighted by atomic mass is 35.5. The zero-order valence-corrected chi connectivity index (χ0v) is 10.4. The van der Waals surface area contributed by atoms with E-state index < -0.39 is 5.82 Å². The van der Waals surface area contributed by atoms with Crippen LogP contribution in [0.4, 0.5) is 4.39 Å². The van der Waals surface area contributed by atoms with Gasteiger partial charge < -0.3 is 0 Å². The van der Waals surface area contributed by atoms with Crippen LogP contribution >= 0.6 is 35.0 Å². The lowest BCUT2D eigenvalue weighted by atomic mass is 10.3. The monoisotopic (exact) mass is 272 g/mol. The van der Waals surface area contributed by atoms with Crippen LogP contribution in [0.25, 0.3) is 0 Å². The van der Waals surface area contributed by atoms with Gasteiger partial charge in [-0.1, -0.05) is 35.0 Å². The van der Waals surface area contributed by atoms with Crippen molar-refractivity contribution < 1.29 is 4.39 Å². The number of benzene rings is 2. The molecule has 0 radical (unpaired) electrons. The van der Waals surface area contributed by atoms with Gasteiger partial charge in [-0.3, -0.25) is 0 Å². The Kier molecular flexibility index (Phi) is 3.74. The van der Waals surface area contributed by atoms with Crippen LogP contribution in [0.15, 0.2) is 52.3 Å². The summed E-state index contributed by atoms with van der Waals surface area (Å²) in [5, 5.41) is 0.826. The van der Waals surface area contributed by atoms with E-state index in [-0.39, 0.29) is 5.02 Å². The summed E-state index contributed by atoms with van der Waals surface area (Å²) in [5.41, 5.74) is 0. The SMILES string of the molecule is Fc1cc(Sc2ccc(Cl)cc2)ccc1Cl. The first kappa shape index (κ1) is 11.8. The quantitative estimate of drug-likeness (QED) is 0.717. The van der Waals surface area contributed by atoms with Gasteiger partial charge in [-0.15, -0.1) is 0 Å². The van der Waals surface area contributed by atoms with E-state index in [1.54, 1.807) is 24.3 Å². The van der Waals surface area contributed by atoms with Gasteiger partial charge in [0.1, 0.15) is 5.82 Å². The average Bonchev–Trinajstić information content (AvgIpc) is 2.27. The molecule has 2 rings (SSSR count). The van der Waals surface area contributed by atoms with Crippen molar-refractivity contribution in [3.05, 3.63) is 58.3 Å². The molecule has 4 heteroatoms. The summed E-state index contributed by atoms with van der Waals surface area (Å²) in [6, 6.07) is 12.1. The maximum absolute atomic E-state index is 13.2. The van der Waals surface area contributed by atoms with Crippen LogP contribution in [-0.4, -0.2) is 0 Å². The molecular weight excluding hydrogens is 266 g/mol. The van der Waals surface area contributed by atoms with Gasteiger partial charge in [0.25, 0.3) is 0 Å². The molecule has 82 valence electrons. The molecule has 2 aromatic rings. The van der Waals surface area contributed by atoms with Crippen molar-refractivity contribution in [3.63, 3.8) is 0 Å². The van der Waals surface area contributed by atoms with E-state index in [4.69, 9.17) is 23.2 Å². The van der Waals surface area contributed by atoms with Gasteiger partial charge in [-0.2, -0.15) is 0 Å². The molecule has 0 saturated carbocycles. The van der Waals surface area contributed by atoms with Crippen molar-refractivity contribution >= 4 is 35.0 Å². The van der Waals surface area contributed by atoms with Crippen molar-refractivity contribution in [2.45, 2.75) is 9.79 Å². The number of rotatable bonds is 2. The summed E-state index contributed by atoms with van der Waals surface area (Å²) < 4.78 is 13.2. The van der Waals surface area contributed by atoms with E-state index in [1.165, 1.54) is 17.8 Å². The third kappa shape index (κ3) is 2.91. The predicted octanol–water partition coefficient (Wildman–Crippen LogP) is 5.28. The Bertz CT molecular complexity index is 497. The third-order valence-electron chi connectivity index (χ3n) is 1.94. The Morgan fingerprint density at radius 1 is 0.875 bits per heavy atom. The van der Waals surface area contributed by atoms with Crippen LogP contribution in [0.2, 0.25) is 10.0 Å². The molecule has 0 saturated heterocycles. The highest BCUT2D eigenvalue weighted by molar-refractivity contribution is 7.99.